The monoisotopic (exact) mass is 321 g/mol. The van der Waals surface area contributed by atoms with Crippen molar-refractivity contribution in [2.24, 2.45) is 0 Å². The van der Waals surface area contributed by atoms with Gasteiger partial charge in [-0.1, -0.05) is 60.2 Å². The maximum Gasteiger partial charge on any atom is 0.331 e. The number of aryl methyl sites for hydroxylation is 1. The molecule has 0 aliphatic carbocycles. The Morgan fingerprint density at radius 2 is 1.71 bits per heavy atom. The van der Waals surface area contributed by atoms with Gasteiger partial charge in [-0.25, -0.2) is 4.79 Å². The van der Waals surface area contributed by atoms with Crippen molar-refractivity contribution in [2.45, 2.75) is 25.4 Å². The van der Waals surface area contributed by atoms with Gasteiger partial charge < -0.3 is 10.1 Å². The number of carbonyl (C=O) groups is 1. The topological polar surface area (TPSA) is 38.3 Å². The quantitative estimate of drug-likeness (QED) is 0.687. The maximum absolute atomic E-state index is 12.4. The molecule has 1 heterocycles. The van der Waals surface area contributed by atoms with Gasteiger partial charge in [-0.2, -0.15) is 0 Å². The Morgan fingerprint density at radius 1 is 1.04 bits per heavy atom. The first kappa shape index (κ1) is 16.5. The van der Waals surface area contributed by atoms with E-state index in [9.17, 15) is 4.79 Å². The molecule has 3 nitrogen and oxygen atoms in total. The van der Waals surface area contributed by atoms with Crippen LogP contribution < -0.4 is 5.32 Å². The second kappa shape index (κ2) is 7.45. The minimum Gasteiger partial charge on any atom is -0.451 e. The predicted molar refractivity (Wildman–Crippen MR) is 96.5 cm³/mol. The van der Waals surface area contributed by atoms with Gasteiger partial charge in [0.1, 0.15) is 5.60 Å². The fourth-order valence-electron chi connectivity index (χ4n) is 3.09. The molecule has 1 fully saturated rings. The zero-order valence-electron chi connectivity index (χ0n) is 14.0. The first-order valence-corrected chi connectivity index (χ1v) is 8.42. The van der Waals surface area contributed by atoms with Crippen LogP contribution in [0.25, 0.3) is 6.08 Å². The zero-order valence-corrected chi connectivity index (χ0v) is 14.0. The van der Waals surface area contributed by atoms with Crippen LogP contribution in [0.15, 0.2) is 60.7 Å². The van der Waals surface area contributed by atoms with Gasteiger partial charge in [-0.05, 0) is 37.2 Å². The molecule has 1 aliphatic heterocycles. The molecule has 2 aromatic carbocycles. The second-order valence-corrected chi connectivity index (χ2v) is 6.28. The van der Waals surface area contributed by atoms with Crippen LogP contribution in [-0.4, -0.2) is 19.1 Å². The summed E-state index contributed by atoms with van der Waals surface area (Å²) in [5.74, 6) is -0.290. The van der Waals surface area contributed by atoms with E-state index >= 15 is 0 Å². The van der Waals surface area contributed by atoms with Crippen molar-refractivity contribution >= 4 is 12.0 Å². The molecule has 0 amide bonds. The van der Waals surface area contributed by atoms with Crippen LogP contribution in [0.2, 0.25) is 0 Å². The fraction of sp³-hybridized carbons (Fsp3) is 0.286. The summed E-state index contributed by atoms with van der Waals surface area (Å²) in [6, 6.07) is 18.1. The van der Waals surface area contributed by atoms with Gasteiger partial charge in [0.15, 0.2) is 0 Å². The largest absolute Gasteiger partial charge is 0.451 e. The van der Waals surface area contributed by atoms with Gasteiger partial charge >= 0.3 is 5.97 Å². The van der Waals surface area contributed by atoms with Gasteiger partial charge in [-0.3, -0.25) is 0 Å². The molecule has 1 aliphatic rings. The molecule has 0 saturated carbocycles. The summed E-state index contributed by atoms with van der Waals surface area (Å²) >= 11 is 0. The molecule has 1 saturated heterocycles. The summed E-state index contributed by atoms with van der Waals surface area (Å²) in [6.07, 6.45) is 4.92. The number of piperidine rings is 1. The fourth-order valence-corrected chi connectivity index (χ4v) is 3.09. The molecule has 0 unspecified atom stereocenters. The molecule has 0 aromatic heterocycles. The number of ether oxygens (including phenoxy) is 1. The van der Waals surface area contributed by atoms with Crippen molar-refractivity contribution in [2.75, 3.05) is 13.1 Å². The molecule has 124 valence electrons. The van der Waals surface area contributed by atoms with Crippen LogP contribution in [0.3, 0.4) is 0 Å². The smallest absolute Gasteiger partial charge is 0.331 e. The number of carbonyl (C=O) groups excluding carboxylic acids is 1. The Kier molecular flexibility index (Phi) is 5.11. The SMILES string of the molecule is Cc1ccc(/C=C/C(=O)OC2(c3ccccc3)CCNCC2)cc1. The summed E-state index contributed by atoms with van der Waals surface area (Å²) in [5.41, 5.74) is 2.74. The summed E-state index contributed by atoms with van der Waals surface area (Å²) in [6.45, 7) is 3.75. The van der Waals surface area contributed by atoms with Gasteiger partial charge in [0.25, 0.3) is 0 Å². The highest BCUT2D eigenvalue weighted by atomic mass is 16.6. The lowest BCUT2D eigenvalue weighted by atomic mass is 9.85. The number of hydrogen-bond acceptors (Lipinski definition) is 3. The molecule has 0 radical (unpaired) electrons. The first-order chi connectivity index (χ1) is 11.7. The van der Waals surface area contributed by atoms with Crippen LogP contribution in [-0.2, 0) is 15.1 Å². The lowest BCUT2D eigenvalue weighted by Gasteiger charge is -2.37. The molecular weight excluding hydrogens is 298 g/mol. The Morgan fingerprint density at radius 3 is 2.38 bits per heavy atom. The van der Waals surface area contributed by atoms with E-state index in [1.807, 2.05) is 67.6 Å². The lowest BCUT2D eigenvalue weighted by molar-refractivity contribution is -0.157. The van der Waals surface area contributed by atoms with E-state index in [0.717, 1.165) is 37.1 Å². The third-order valence-electron chi connectivity index (χ3n) is 4.50. The maximum atomic E-state index is 12.4. The third-order valence-corrected chi connectivity index (χ3v) is 4.50. The number of hydrogen-bond donors (Lipinski definition) is 1. The Balaban J connectivity index is 1.75. The van der Waals surface area contributed by atoms with E-state index in [0.29, 0.717) is 0 Å². The minimum atomic E-state index is -0.527. The van der Waals surface area contributed by atoms with Crippen LogP contribution >= 0.6 is 0 Å². The molecular formula is C21H23NO2. The molecule has 0 spiro atoms. The normalized spacial score (nSPS) is 16.9. The van der Waals surface area contributed by atoms with Crippen molar-refractivity contribution in [1.29, 1.82) is 0 Å². The van der Waals surface area contributed by atoms with Crippen molar-refractivity contribution in [1.82, 2.24) is 5.32 Å². The summed E-state index contributed by atoms with van der Waals surface area (Å²) in [4.78, 5) is 12.4. The molecule has 2 aromatic rings. The van der Waals surface area contributed by atoms with E-state index in [1.165, 1.54) is 11.6 Å². The molecule has 3 heteroatoms. The van der Waals surface area contributed by atoms with Crippen LogP contribution in [0.4, 0.5) is 0 Å². The summed E-state index contributed by atoms with van der Waals surface area (Å²) < 4.78 is 5.94. The van der Waals surface area contributed by atoms with Crippen molar-refractivity contribution in [3.63, 3.8) is 0 Å². The zero-order chi connectivity index (χ0) is 16.8. The van der Waals surface area contributed by atoms with Crippen LogP contribution in [0.5, 0.6) is 0 Å². The highest BCUT2D eigenvalue weighted by Crippen LogP contribution is 2.35. The van der Waals surface area contributed by atoms with Gasteiger partial charge in [0.05, 0.1) is 0 Å². The lowest BCUT2D eigenvalue weighted by Crippen LogP contribution is -2.42. The summed E-state index contributed by atoms with van der Waals surface area (Å²) in [7, 11) is 0. The summed E-state index contributed by atoms with van der Waals surface area (Å²) in [5, 5.41) is 3.34. The van der Waals surface area contributed by atoms with Crippen molar-refractivity contribution in [3.05, 3.63) is 77.4 Å². The molecule has 1 N–H and O–H groups in total. The van der Waals surface area contributed by atoms with Gasteiger partial charge in [0, 0.05) is 18.9 Å². The standard InChI is InChI=1S/C21H23NO2/c1-17-7-9-18(10-8-17)11-12-20(23)24-21(13-15-22-16-14-21)19-5-3-2-4-6-19/h2-12,22H,13-16H2,1H3/b12-11+. The highest BCUT2D eigenvalue weighted by Gasteiger charge is 2.37. The Labute approximate surface area is 143 Å². The minimum absolute atomic E-state index is 0.290. The second-order valence-electron chi connectivity index (χ2n) is 6.28. The first-order valence-electron chi connectivity index (χ1n) is 8.42. The van der Waals surface area contributed by atoms with Gasteiger partial charge in [0.2, 0.25) is 0 Å². The van der Waals surface area contributed by atoms with Gasteiger partial charge in [-0.15, -0.1) is 0 Å². The molecule has 24 heavy (non-hydrogen) atoms. The van der Waals surface area contributed by atoms with E-state index in [2.05, 4.69) is 5.32 Å². The molecule has 0 atom stereocenters. The average molecular weight is 321 g/mol. The number of rotatable bonds is 4. The Hall–Kier alpha value is -2.39. The van der Waals surface area contributed by atoms with Crippen LogP contribution in [0.1, 0.15) is 29.5 Å². The molecule has 3 rings (SSSR count). The van der Waals surface area contributed by atoms with Crippen molar-refractivity contribution in [3.8, 4) is 0 Å². The average Bonchev–Trinajstić information content (AvgIpc) is 2.63. The third kappa shape index (κ3) is 3.92. The number of benzene rings is 2. The van der Waals surface area contributed by atoms with Crippen LogP contribution in [0, 0.1) is 6.92 Å². The van der Waals surface area contributed by atoms with E-state index in [4.69, 9.17) is 4.74 Å². The highest BCUT2D eigenvalue weighted by molar-refractivity contribution is 5.87. The van der Waals surface area contributed by atoms with E-state index < -0.39 is 5.60 Å². The Bertz CT molecular complexity index is 698. The number of nitrogens with one attached hydrogen (secondary N) is 1. The predicted octanol–water partition coefficient (Wildman–Crippen LogP) is 3.83. The van der Waals surface area contributed by atoms with E-state index in [1.54, 1.807) is 0 Å². The van der Waals surface area contributed by atoms with E-state index in [-0.39, 0.29) is 5.97 Å². The van der Waals surface area contributed by atoms with Crippen molar-refractivity contribution < 1.29 is 9.53 Å². The number of esters is 1. The molecule has 0 bridgehead atoms.